The molecule has 1 aromatic heterocycles. The molecule has 2 rings (SSSR count). The number of carbonyl (C=O) groups excluding carboxylic acids is 1. The predicted octanol–water partition coefficient (Wildman–Crippen LogP) is 2.66. The van der Waals surface area contributed by atoms with E-state index in [1.165, 1.54) is 11.3 Å². The van der Waals surface area contributed by atoms with Crippen LogP contribution in [0.25, 0.3) is 11.3 Å². The van der Waals surface area contributed by atoms with Gasteiger partial charge >= 0.3 is 0 Å². The van der Waals surface area contributed by atoms with Crippen LogP contribution in [-0.2, 0) is 4.79 Å². The fraction of sp³-hybridized carbons (Fsp3) is 0.0833. The monoisotopic (exact) mass is 243 g/mol. The number of nitrogens with zero attached hydrogens (tertiary/aromatic N) is 2. The van der Waals surface area contributed by atoms with Gasteiger partial charge in [0.25, 0.3) is 0 Å². The van der Waals surface area contributed by atoms with Crippen LogP contribution in [0.15, 0.2) is 35.7 Å². The number of carbonyl (C=O) groups is 1. The van der Waals surface area contributed by atoms with Gasteiger partial charge in [-0.3, -0.25) is 4.79 Å². The average Bonchev–Trinajstić information content (AvgIpc) is 2.79. The maximum Gasteiger partial charge on any atom is 0.240 e. The number of nitriles is 1. The highest BCUT2D eigenvalue weighted by atomic mass is 32.1. The summed E-state index contributed by atoms with van der Waals surface area (Å²) in [5.41, 5.74) is 1.83. The van der Waals surface area contributed by atoms with Crippen LogP contribution in [0.2, 0.25) is 0 Å². The van der Waals surface area contributed by atoms with Gasteiger partial charge in [0.1, 0.15) is 6.42 Å². The fourth-order valence-corrected chi connectivity index (χ4v) is 2.04. The summed E-state index contributed by atoms with van der Waals surface area (Å²) in [7, 11) is 0. The lowest BCUT2D eigenvalue weighted by Crippen LogP contribution is -2.09. The molecule has 2 aromatic rings. The number of thiazole rings is 1. The van der Waals surface area contributed by atoms with E-state index in [-0.39, 0.29) is 12.3 Å². The molecule has 1 heterocycles. The normalized spacial score (nSPS) is 9.59. The van der Waals surface area contributed by atoms with Crippen molar-refractivity contribution in [1.29, 1.82) is 5.26 Å². The molecule has 0 saturated carbocycles. The lowest BCUT2D eigenvalue weighted by atomic mass is 10.2. The zero-order chi connectivity index (χ0) is 12.1. The Morgan fingerprint density at radius 1 is 1.41 bits per heavy atom. The summed E-state index contributed by atoms with van der Waals surface area (Å²) in [5.74, 6) is -0.332. The first-order chi connectivity index (χ1) is 8.29. The third-order valence-electron chi connectivity index (χ3n) is 2.06. The highest BCUT2D eigenvalue weighted by Gasteiger charge is 2.06. The van der Waals surface area contributed by atoms with Gasteiger partial charge in [-0.05, 0) is 0 Å². The number of hydrogen-bond acceptors (Lipinski definition) is 4. The number of rotatable bonds is 3. The van der Waals surface area contributed by atoms with E-state index in [0.29, 0.717) is 5.13 Å². The Balaban J connectivity index is 2.12. The minimum Gasteiger partial charge on any atom is -0.301 e. The van der Waals surface area contributed by atoms with Crippen molar-refractivity contribution in [2.75, 3.05) is 5.32 Å². The molecule has 0 fully saturated rings. The molecule has 5 heteroatoms. The molecule has 0 aliphatic heterocycles. The molecule has 0 aliphatic rings. The Bertz CT molecular complexity index is 557. The molecule has 0 radical (unpaired) electrons. The summed E-state index contributed by atoms with van der Waals surface area (Å²) in [6, 6.07) is 11.5. The Labute approximate surface area is 103 Å². The largest absolute Gasteiger partial charge is 0.301 e. The highest BCUT2D eigenvalue weighted by Crippen LogP contribution is 2.24. The molecule has 0 saturated heterocycles. The number of hydrogen-bond donors (Lipinski definition) is 1. The van der Waals surface area contributed by atoms with Gasteiger partial charge in [0, 0.05) is 10.9 Å². The van der Waals surface area contributed by atoms with Crippen molar-refractivity contribution >= 4 is 22.4 Å². The smallest absolute Gasteiger partial charge is 0.240 e. The van der Waals surface area contributed by atoms with Crippen LogP contribution < -0.4 is 5.32 Å². The molecule has 0 aliphatic carbocycles. The van der Waals surface area contributed by atoms with Crippen LogP contribution in [-0.4, -0.2) is 10.9 Å². The van der Waals surface area contributed by atoms with Gasteiger partial charge < -0.3 is 5.32 Å². The Morgan fingerprint density at radius 2 is 2.18 bits per heavy atom. The van der Waals surface area contributed by atoms with E-state index < -0.39 is 0 Å². The van der Waals surface area contributed by atoms with Gasteiger partial charge in [0.05, 0.1) is 11.8 Å². The van der Waals surface area contributed by atoms with Crippen LogP contribution in [0.5, 0.6) is 0 Å². The summed E-state index contributed by atoms with van der Waals surface area (Å²) in [5, 5.41) is 13.3. The minimum atomic E-state index is -0.332. The van der Waals surface area contributed by atoms with Gasteiger partial charge in [-0.15, -0.1) is 11.3 Å². The van der Waals surface area contributed by atoms with E-state index in [9.17, 15) is 4.79 Å². The van der Waals surface area contributed by atoms with Crippen molar-refractivity contribution in [2.45, 2.75) is 6.42 Å². The molecule has 0 atom stereocenters. The van der Waals surface area contributed by atoms with Crippen LogP contribution >= 0.6 is 11.3 Å². The van der Waals surface area contributed by atoms with Crippen molar-refractivity contribution in [2.24, 2.45) is 0 Å². The number of nitrogens with one attached hydrogen (secondary N) is 1. The first-order valence-electron chi connectivity index (χ1n) is 4.97. The van der Waals surface area contributed by atoms with Crippen LogP contribution in [0.1, 0.15) is 6.42 Å². The number of aromatic nitrogens is 1. The third-order valence-corrected chi connectivity index (χ3v) is 2.82. The van der Waals surface area contributed by atoms with Crippen molar-refractivity contribution in [3.63, 3.8) is 0 Å². The lowest BCUT2D eigenvalue weighted by Gasteiger charge is -1.96. The van der Waals surface area contributed by atoms with E-state index in [0.717, 1.165) is 11.3 Å². The van der Waals surface area contributed by atoms with Crippen molar-refractivity contribution < 1.29 is 4.79 Å². The zero-order valence-corrected chi connectivity index (χ0v) is 9.70. The second-order valence-electron chi connectivity index (χ2n) is 3.29. The molecule has 0 unspecified atom stereocenters. The fourth-order valence-electron chi connectivity index (χ4n) is 1.31. The number of benzene rings is 1. The number of amides is 1. The summed E-state index contributed by atoms with van der Waals surface area (Å²) in [6.07, 6.45) is -0.153. The van der Waals surface area contributed by atoms with E-state index in [1.54, 1.807) is 6.07 Å². The summed E-state index contributed by atoms with van der Waals surface area (Å²) in [4.78, 5) is 15.5. The summed E-state index contributed by atoms with van der Waals surface area (Å²) in [6.45, 7) is 0. The first kappa shape index (κ1) is 11.3. The highest BCUT2D eigenvalue weighted by molar-refractivity contribution is 7.14. The molecular formula is C12H9N3OS. The van der Waals surface area contributed by atoms with Crippen LogP contribution in [0.4, 0.5) is 5.13 Å². The average molecular weight is 243 g/mol. The van der Waals surface area contributed by atoms with E-state index in [2.05, 4.69) is 10.3 Å². The molecule has 4 nitrogen and oxygen atoms in total. The van der Waals surface area contributed by atoms with Gasteiger partial charge in [-0.1, -0.05) is 30.3 Å². The van der Waals surface area contributed by atoms with Crippen molar-refractivity contribution in [1.82, 2.24) is 4.98 Å². The maximum absolute atomic E-state index is 11.2. The zero-order valence-electron chi connectivity index (χ0n) is 8.88. The number of anilines is 1. The van der Waals surface area contributed by atoms with Gasteiger partial charge in [-0.2, -0.15) is 5.26 Å². The van der Waals surface area contributed by atoms with E-state index in [4.69, 9.17) is 5.26 Å². The SMILES string of the molecule is N#CCC(=O)Nc1nc(-c2ccccc2)cs1. The second kappa shape index (κ2) is 5.23. The van der Waals surface area contributed by atoms with Crippen molar-refractivity contribution in [3.8, 4) is 17.3 Å². The molecule has 17 heavy (non-hydrogen) atoms. The molecular weight excluding hydrogens is 234 g/mol. The standard InChI is InChI=1S/C12H9N3OS/c13-7-6-11(16)15-12-14-10(8-17-12)9-4-2-1-3-5-9/h1-5,8H,6H2,(H,14,15,16). The quantitative estimate of drug-likeness (QED) is 0.901. The molecule has 1 amide bonds. The second-order valence-corrected chi connectivity index (χ2v) is 4.15. The molecule has 84 valence electrons. The summed E-state index contributed by atoms with van der Waals surface area (Å²) < 4.78 is 0. The van der Waals surface area contributed by atoms with Gasteiger partial charge in [-0.25, -0.2) is 4.98 Å². The van der Waals surface area contributed by atoms with E-state index in [1.807, 2.05) is 35.7 Å². The summed E-state index contributed by atoms with van der Waals surface area (Å²) >= 11 is 1.35. The van der Waals surface area contributed by atoms with Crippen molar-refractivity contribution in [3.05, 3.63) is 35.7 Å². The molecule has 0 bridgehead atoms. The van der Waals surface area contributed by atoms with Crippen LogP contribution in [0.3, 0.4) is 0 Å². The van der Waals surface area contributed by atoms with Gasteiger partial charge in [0.15, 0.2) is 5.13 Å². The Hall–Kier alpha value is -2.19. The molecule has 1 N–H and O–H groups in total. The Kier molecular flexibility index (Phi) is 3.48. The maximum atomic E-state index is 11.2. The Morgan fingerprint density at radius 3 is 2.88 bits per heavy atom. The minimum absolute atomic E-state index is 0.153. The topological polar surface area (TPSA) is 65.8 Å². The predicted molar refractivity (Wildman–Crippen MR) is 66.4 cm³/mol. The first-order valence-corrected chi connectivity index (χ1v) is 5.85. The third kappa shape index (κ3) is 2.89. The lowest BCUT2D eigenvalue weighted by molar-refractivity contribution is -0.115. The van der Waals surface area contributed by atoms with Crippen LogP contribution in [0, 0.1) is 11.3 Å². The molecule has 0 spiro atoms. The van der Waals surface area contributed by atoms with E-state index >= 15 is 0 Å². The molecule has 1 aromatic carbocycles. The van der Waals surface area contributed by atoms with Gasteiger partial charge in [0.2, 0.25) is 5.91 Å².